The van der Waals surface area contributed by atoms with Crippen molar-refractivity contribution in [1.82, 2.24) is 0 Å². The van der Waals surface area contributed by atoms with Crippen LogP contribution in [0.2, 0.25) is 0 Å². The average molecular weight is 212 g/mol. The number of carbonyl (C=O) groups excluding carboxylic acids is 1. The van der Waals surface area contributed by atoms with E-state index in [9.17, 15) is 4.79 Å². The van der Waals surface area contributed by atoms with Crippen LogP contribution < -0.4 is 0 Å². The molecule has 0 saturated heterocycles. The van der Waals surface area contributed by atoms with E-state index in [-0.39, 0.29) is 0 Å². The molecule has 0 spiro atoms. The van der Waals surface area contributed by atoms with Crippen LogP contribution in [0.3, 0.4) is 0 Å². The Morgan fingerprint density at radius 2 is 2.00 bits per heavy atom. The van der Waals surface area contributed by atoms with Crippen LogP contribution in [0.15, 0.2) is 47.6 Å². The highest BCUT2D eigenvalue weighted by atomic mass is 16.1. The number of benzene rings is 1. The summed E-state index contributed by atoms with van der Waals surface area (Å²) in [7, 11) is 0. The van der Waals surface area contributed by atoms with E-state index in [1.165, 1.54) is 5.56 Å². The Morgan fingerprint density at radius 1 is 1.25 bits per heavy atom. The SMILES string of the molecule is CCCC1=C/C(=C\c2ccccc2)CC1=O. The molecule has 82 valence electrons. The quantitative estimate of drug-likeness (QED) is 0.745. The number of hydrogen-bond donors (Lipinski definition) is 0. The van der Waals surface area contributed by atoms with Crippen LogP contribution in [-0.2, 0) is 4.79 Å². The predicted molar refractivity (Wildman–Crippen MR) is 67.0 cm³/mol. The molecule has 0 aliphatic heterocycles. The van der Waals surface area contributed by atoms with Crippen LogP contribution in [0.4, 0.5) is 0 Å². The molecule has 0 saturated carbocycles. The van der Waals surface area contributed by atoms with Gasteiger partial charge < -0.3 is 0 Å². The number of rotatable bonds is 3. The Morgan fingerprint density at radius 3 is 2.69 bits per heavy atom. The lowest BCUT2D eigenvalue weighted by molar-refractivity contribution is -0.114. The molecule has 0 amide bonds. The number of carbonyl (C=O) groups is 1. The van der Waals surface area contributed by atoms with Gasteiger partial charge in [0.15, 0.2) is 5.78 Å². The Hall–Kier alpha value is -1.63. The fraction of sp³-hybridized carbons (Fsp3) is 0.267. The molecule has 0 N–H and O–H groups in total. The van der Waals surface area contributed by atoms with Crippen LogP contribution in [0.25, 0.3) is 6.08 Å². The molecule has 0 aromatic heterocycles. The molecule has 0 atom stereocenters. The molecule has 0 bridgehead atoms. The summed E-state index contributed by atoms with van der Waals surface area (Å²) in [5.74, 6) is 0.295. The van der Waals surface area contributed by atoms with Gasteiger partial charge in [-0.05, 0) is 23.1 Å². The Labute approximate surface area is 96.5 Å². The average Bonchev–Trinajstić information content (AvgIpc) is 2.61. The van der Waals surface area contributed by atoms with E-state index in [0.717, 1.165) is 24.0 Å². The summed E-state index contributed by atoms with van der Waals surface area (Å²) in [6.07, 6.45) is 6.67. The molecule has 1 aliphatic carbocycles. The zero-order chi connectivity index (χ0) is 11.4. The van der Waals surface area contributed by atoms with Gasteiger partial charge in [0, 0.05) is 6.42 Å². The van der Waals surface area contributed by atoms with Crippen molar-refractivity contribution in [1.29, 1.82) is 0 Å². The lowest BCUT2D eigenvalue weighted by atomic mass is 10.1. The summed E-state index contributed by atoms with van der Waals surface area (Å²) in [6.45, 7) is 2.10. The highest BCUT2D eigenvalue weighted by Crippen LogP contribution is 2.25. The van der Waals surface area contributed by atoms with E-state index in [0.29, 0.717) is 12.2 Å². The molecular weight excluding hydrogens is 196 g/mol. The third-order valence-corrected chi connectivity index (χ3v) is 2.75. The van der Waals surface area contributed by atoms with Crippen molar-refractivity contribution < 1.29 is 4.79 Å². The molecule has 1 aromatic rings. The summed E-state index contributed by atoms with van der Waals surface area (Å²) in [6, 6.07) is 10.1. The highest BCUT2D eigenvalue weighted by Gasteiger charge is 2.17. The summed E-state index contributed by atoms with van der Waals surface area (Å²) in [5, 5.41) is 0. The lowest BCUT2D eigenvalue weighted by Crippen LogP contribution is -1.94. The fourth-order valence-corrected chi connectivity index (χ4v) is 1.99. The second-order valence-corrected chi connectivity index (χ2v) is 4.15. The van der Waals surface area contributed by atoms with Crippen molar-refractivity contribution in [3.63, 3.8) is 0 Å². The van der Waals surface area contributed by atoms with E-state index in [4.69, 9.17) is 0 Å². The van der Waals surface area contributed by atoms with Gasteiger partial charge in [0.1, 0.15) is 0 Å². The summed E-state index contributed by atoms with van der Waals surface area (Å²) in [5.41, 5.74) is 3.30. The smallest absolute Gasteiger partial charge is 0.163 e. The monoisotopic (exact) mass is 212 g/mol. The molecule has 0 unspecified atom stereocenters. The maximum atomic E-state index is 11.7. The van der Waals surface area contributed by atoms with Crippen molar-refractivity contribution >= 4 is 11.9 Å². The van der Waals surface area contributed by atoms with Gasteiger partial charge in [0.05, 0.1) is 0 Å². The molecule has 0 heterocycles. The summed E-state index contributed by atoms with van der Waals surface area (Å²) >= 11 is 0. The van der Waals surface area contributed by atoms with Crippen LogP contribution in [0, 0.1) is 0 Å². The van der Waals surface area contributed by atoms with Gasteiger partial charge in [-0.2, -0.15) is 0 Å². The molecule has 1 aliphatic rings. The first kappa shape index (κ1) is 10.9. The zero-order valence-electron chi connectivity index (χ0n) is 9.57. The van der Waals surface area contributed by atoms with Crippen LogP contribution in [-0.4, -0.2) is 5.78 Å². The minimum atomic E-state index is 0.295. The zero-order valence-corrected chi connectivity index (χ0v) is 9.57. The molecule has 2 rings (SSSR count). The first-order valence-electron chi connectivity index (χ1n) is 5.79. The second-order valence-electron chi connectivity index (χ2n) is 4.15. The number of Topliss-reactive ketones (excluding diaryl/α,β-unsaturated/α-hetero) is 1. The van der Waals surface area contributed by atoms with Crippen LogP contribution in [0.1, 0.15) is 31.7 Å². The number of hydrogen-bond acceptors (Lipinski definition) is 1. The van der Waals surface area contributed by atoms with Gasteiger partial charge in [-0.1, -0.05) is 55.8 Å². The van der Waals surface area contributed by atoms with Crippen molar-refractivity contribution in [2.75, 3.05) is 0 Å². The highest BCUT2D eigenvalue weighted by molar-refractivity contribution is 6.02. The van der Waals surface area contributed by atoms with Crippen LogP contribution >= 0.6 is 0 Å². The first-order valence-corrected chi connectivity index (χ1v) is 5.79. The second kappa shape index (κ2) is 4.93. The fourth-order valence-electron chi connectivity index (χ4n) is 1.99. The predicted octanol–water partition coefficient (Wildman–Crippen LogP) is 3.77. The minimum absolute atomic E-state index is 0.295. The third kappa shape index (κ3) is 2.48. The molecule has 0 fully saturated rings. The third-order valence-electron chi connectivity index (χ3n) is 2.75. The molecule has 1 heteroatoms. The topological polar surface area (TPSA) is 17.1 Å². The Kier molecular flexibility index (Phi) is 3.35. The van der Waals surface area contributed by atoms with Crippen molar-refractivity contribution in [2.45, 2.75) is 26.2 Å². The van der Waals surface area contributed by atoms with Crippen LogP contribution in [0.5, 0.6) is 0 Å². The first-order chi connectivity index (χ1) is 7.79. The van der Waals surface area contributed by atoms with Gasteiger partial charge in [-0.3, -0.25) is 4.79 Å². The van der Waals surface area contributed by atoms with Gasteiger partial charge in [-0.15, -0.1) is 0 Å². The summed E-state index contributed by atoms with van der Waals surface area (Å²) < 4.78 is 0. The van der Waals surface area contributed by atoms with Gasteiger partial charge >= 0.3 is 0 Å². The normalized spacial score (nSPS) is 17.9. The standard InChI is InChI=1S/C15H16O/c1-2-6-14-10-13(11-15(14)16)9-12-7-4-3-5-8-12/h3-5,7-10H,2,6,11H2,1H3/b13-9+. The molecule has 0 radical (unpaired) electrons. The maximum Gasteiger partial charge on any atom is 0.163 e. The van der Waals surface area contributed by atoms with Crippen molar-refractivity contribution in [3.05, 3.63) is 53.1 Å². The van der Waals surface area contributed by atoms with E-state index < -0.39 is 0 Å². The lowest BCUT2D eigenvalue weighted by Gasteiger charge is -1.94. The maximum absolute atomic E-state index is 11.7. The van der Waals surface area contributed by atoms with Gasteiger partial charge in [0.2, 0.25) is 0 Å². The van der Waals surface area contributed by atoms with Gasteiger partial charge in [-0.25, -0.2) is 0 Å². The molecule has 1 nitrogen and oxygen atoms in total. The minimum Gasteiger partial charge on any atom is -0.294 e. The van der Waals surface area contributed by atoms with E-state index >= 15 is 0 Å². The van der Waals surface area contributed by atoms with Crippen molar-refractivity contribution in [2.24, 2.45) is 0 Å². The molecule has 16 heavy (non-hydrogen) atoms. The van der Waals surface area contributed by atoms with Gasteiger partial charge in [0.25, 0.3) is 0 Å². The number of ketones is 1. The van der Waals surface area contributed by atoms with Crippen molar-refractivity contribution in [3.8, 4) is 0 Å². The van der Waals surface area contributed by atoms with E-state index in [1.807, 2.05) is 18.2 Å². The number of allylic oxidation sites excluding steroid dienone is 3. The molecule has 1 aromatic carbocycles. The summed E-state index contributed by atoms with van der Waals surface area (Å²) in [4.78, 5) is 11.7. The van der Waals surface area contributed by atoms with E-state index in [2.05, 4.69) is 31.2 Å². The molecular formula is C15H16O. The largest absolute Gasteiger partial charge is 0.294 e. The van der Waals surface area contributed by atoms with E-state index in [1.54, 1.807) is 0 Å². The Bertz CT molecular complexity index is 438. The Balaban J connectivity index is 2.19.